The number of methoxy groups -OCH3 is 1. The number of benzene rings is 1. The monoisotopic (exact) mass is 246 g/mol. The van der Waals surface area contributed by atoms with E-state index < -0.39 is 5.95 Å². The van der Waals surface area contributed by atoms with Crippen molar-refractivity contribution in [3.05, 3.63) is 53.5 Å². The van der Waals surface area contributed by atoms with Crippen LogP contribution in [0.5, 0.6) is 5.75 Å². The van der Waals surface area contributed by atoms with E-state index in [1.165, 1.54) is 6.07 Å². The lowest BCUT2D eigenvalue weighted by atomic mass is 10.1. The van der Waals surface area contributed by atoms with Gasteiger partial charge in [0.25, 0.3) is 0 Å². The molecule has 0 atom stereocenters. The Kier molecular flexibility index (Phi) is 3.77. The number of nitrogens with one attached hydrogen (secondary N) is 1. The fraction of sp³-hybridized carbons (Fsp3) is 0.214. The Morgan fingerprint density at radius 2 is 2.11 bits per heavy atom. The zero-order valence-electron chi connectivity index (χ0n) is 10.4. The zero-order valence-corrected chi connectivity index (χ0v) is 10.4. The van der Waals surface area contributed by atoms with E-state index in [1.807, 2.05) is 25.1 Å². The minimum atomic E-state index is -0.480. The van der Waals surface area contributed by atoms with Crippen LogP contribution in [0.2, 0.25) is 0 Å². The average molecular weight is 246 g/mol. The molecule has 3 nitrogen and oxygen atoms in total. The number of ether oxygens (including phenoxy) is 1. The smallest absolute Gasteiger partial charge is 0.214 e. The summed E-state index contributed by atoms with van der Waals surface area (Å²) in [6, 6.07) is 10.6. The third-order valence-corrected chi connectivity index (χ3v) is 2.72. The van der Waals surface area contributed by atoms with Crippen LogP contribution in [0.3, 0.4) is 0 Å². The molecule has 94 valence electrons. The topological polar surface area (TPSA) is 34.1 Å². The van der Waals surface area contributed by atoms with Crippen molar-refractivity contribution in [2.24, 2.45) is 0 Å². The van der Waals surface area contributed by atoms with Gasteiger partial charge in [0.2, 0.25) is 5.95 Å². The number of aromatic nitrogens is 1. The van der Waals surface area contributed by atoms with Gasteiger partial charge in [0.05, 0.1) is 7.11 Å². The van der Waals surface area contributed by atoms with Crippen LogP contribution in [0.15, 0.2) is 36.4 Å². The van der Waals surface area contributed by atoms with Crippen LogP contribution in [0.4, 0.5) is 10.2 Å². The number of rotatable bonds is 4. The lowest BCUT2D eigenvalue weighted by Crippen LogP contribution is -2.03. The first-order chi connectivity index (χ1) is 8.69. The number of anilines is 1. The Morgan fingerprint density at radius 1 is 1.28 bits per heavy atom. The number of pyridine rings is 1. The van der Waals surface area contributed by atoms with E-state index in [1.54, 1.807) is 19.2 Å². The number of nitrogens with zero attached hydrogens (tertiary/aromatic N) is 1. The Balaban J connectivity index is 2.06. The molecule has 0 aliphatic carbocycles. The largest absolute Gasteiger partial charge is 0.497 e. The highest BCUT2D eigenvalue weighted by atomic mass is 19.1. The fourth-order valence-electron chi connectivity index (χ4n) is 1.69. The van der Waals surface area contributed by atoms with Crippen LogP contribution in [0.1, 0.15) is 11.1 Å². The molecule has 0 amide bonds. The molecule has 2 rings (SSSR count). The summed E-state index contributed by atoms with van der Waals surface area (Å²) >= 11 is 0. The van der Waals surface area contributed by atoms with Gasteiger partial charge >= 0.3 is 0 Å². The Morgan fingerprint density at radius 3 is 2.78 bits per heavy atom. The van der Waals surface area contributed by atoms with Crippen molar-refractivity contribution in [3.63, 3.8) is 0 Å². The van der Waals surface area contributed by atoms with E-state index in [4.69, 9.17) is 4.74 Å². The maximum atomic E-state index is 12.9. The van der Waals surface area contributed by atoms with Crippen molar-refractivity contribution in [2.45, 2.75) is 13.5 Å². The predicted molar refractivity (Wildman–Crippen MR) is 69.3 cm³/mol. The molecule has 1 N–H and O–H groups in total. The molecule has 0 radical (unpaired) electrons. The van der Waals surface area contributed by atoms with E-state index in [0.29, 0.717) is 12.4 Å². The third kappa shape index (κ3) is 2.97. The van der Waals surface area contributed by atoms with Gasteiger partial charge in [-0.05, 0) is 42.3 Å². The van der Waals surface area contributed by atoms with Gasteiger partial charge < -0.3 is 10.1 Å². The summed E-state index contributed by atoms with van der Waals surface area (Å²) < 4.78 is 18.0. The zero-order chi connectivity index (χ0) is 13.0. The highest BCUT2D eigenvalue weighted by molar-refractivity contribution is 5.39. The molecule has 0 aliphatic rings. The quantitative estimate of drug-likeness (QED) is 0.841. The number of halogens is 1. The second kappa shape index (κ2) is 5.49. The molecule has 0 unspecified atom stereocenters. The number of hydrogen-bond donors (Lipinski definition) is 1. The lowest BCUT2D eigenvalue weighted by Gasteiger charge is -2.09. The Hall–Kier alpha value is -2.10. The molecule has 0 fully saturated rings. The summed E-state index contributed by atoms with van der Waals surface area (Å²) in [5.74, 6) is 0.886. The molecule has 0 saturated carbocycles. The molecular formula is C14H15FN2O. The predicted octanol–water partition coefficient (Wildman–Crippen LogP) is 3.15. The summed E-state index contributed by atoms with van der Waals surface area (Å²) in [5.41, 5.74) is 2.25. The van der Waals surface area contributed by atoms with Gasteiger partial charge in [-0.3, -0.25) is 0 Å². The fourth-order valence-corrected chi connectivity index (χ4v) is 1.69. The second-order valence-corrected chi connectivity index (χ2v) is 3.99. The van der Waals surface area contributed by atoms with E-state index in [2.05, 4.69) is 10.3 Å². The summed E-state index contributed by atoms with van der Waals surface area (Å²) in [7, 11) is 1.64. The van der Waals surface area contributed by atoms with Gasteiger partial charge in [-0.15, -0.1) is 0 Å². The molecule has 0 bridgehead atoms. The molecule has 0 saturated heterocycles. The average Bonchev–Trinajstić information content (AvgIpc) is 2.37. The number of aryl methyl sites for hydroxylation is 1. The maximum Gasteiger partial charge on any atom is 0.214 e. The van der Waals surface area contributed by atoms with Crippen LogP contribution in [0, 0.1) is 12.9 Å². The Labute approximate surface area is 106 Å². The molecule has 0 aliphatic heterocycles. The van der Waals surface area contributed by atoms with Crippen LogP contribution >= 0.6 is 0 Å². The standard InChI is InChI=1S/C14H15FN2O/c1-10-8-12(18-2)7-6-11(10)9-16-14-5-3-4-13(15)17-14/h3-8H,9H2,1-2H3,(H,16,17). The highest BCUT2D eigenvalue weighted by Crippen LogP contribution is 2.17. The molecule has 1 heterocycles. The number of hydrogen-bond acceptors (Lipinski definition) is 3. The lowest BCUT2D eigenvalue weighted by molar-refractivity contribution is 0.414. The first-order valence-corrected chi connectivity index (χ1v) is 5.69. The van der Waals surface area contributed by atoms with Crippen molar-refractivity contribution in [3.8, 4) is 5.75 Å². The van der Waals surface area contributed by atoms with Gasteiger partial charge in [-0.1, -0.05) is 12.1 Å². The molecule has 1 aromatic carbocycles. The molecule has 1 aromatic heterocycles. The van der Waals surface area contributed by atoms with Gasteiger partial charge in [0.15, 0.2) is 0 Å². The van der Waals surface area contributed by atoms with Crippen molar-refractivity contribution < 1.29 is 9.13 Å². The molecular weight excluding hydrogens is 231 g/mol. The van der Waals surface area contributed by atoms with E-state index in [9.17, 15) is 4.39 Å². The SMILES string of the molecule is COc1ccc(CNc2cccc(F)n2)c(C)c1. The molecule has 2 aromatic rings. The van der Waals surface area contributed by atoms with Crippen LogP contribution < -0.4 is 10.1 Å². The summed E-state index contributed by atoms with van der Waals surface area (Å²) in [4.78, 5) is 3.75. The summed E-state index contributed by atoms with van der Waals surface area (Å²) in [6.07, 6.45) is 0. The van der Waals surface area contributed by atoms with Gasteiger partial charge in [-0.2, -0.15) is 4.39 Å². The van der Waals surface area contributed by atoms with Crippen molar-refractivity contribution in [1.82, 2.24) is 4.98 Å². The van der Waals surface area contributed by atoms with E-state index in [0.717, 1.165) is 16.9 Å². The van der Waals surface area contributed by atoms with Crippen LogP contribution in [-0.4, -0.2) is 12.1 Å². The summed E-state index contributed by atoms with van der Waals surface area (Å²) in [5, 5.41) is 3.09. The first-order valence-electron chi connectivity index (χ1n) is 5.69. The van der Waals surface area contributed by atoms with Crippen molar-refractivity contribution in [1.29, 1.82) is 0 Å². The second-order valence-electron chi connectivity index (χ2n) is 3.99. The molecule has 18 heavy (non-hydrogen) atoms. The minimum absolute atomic E-state index is 0.480. The summed E-state index contributed by atoms with van der Waals surface area (Å²) in [6.45, 7) is 2.62. The van der Waals surface area contributed by atoms with Crippen molar-refractivity contribution >= 4 is 5.82 Å². The normalized spacial score (nSPS) is 10.2. The third-order valence-electron chi connectivity index (χ3n) is 2.72. The van der Waals surface area contributed by atoms with E-state index in [-0.39, 0.29) is 0 Å². The van der Waals surface area contributed by atoms with Gasteiger partial charge in [0.1, 0.15) is 11.6 Å². The molecule has 4 heteroatoms. The van der Waals surface area contributed by atoms with E-state index >= 15 is 0 Å². The van der Waals surface area contributed by atoms with Crippen LogP contribution in [0.25, 0.3) is 0 Å². The highest BCUT2D eigenvalue weighted by Gasteiger charge is 2.01. The maximum absolute atomic E-state index is 12.9. The Bertz CT molecular complexity index is 543. The minimum Gasteiger partial charge on any atom is -0.497 e. The van der Waals surface area contributed by atoms with Gasteiger partial charge in [-0.25, -0.2) is 4.98 Å². The molecule has 0 spiro atoms. The first kappa shape index (κ1) is 12.4. The van der Waals surface area contributed by atoms with Gasteiger partial charge in [0, 0.05) is 6.54 Å². The van der Waals surface area contributed by atoms with Crippen molar-refractivity contribution in [2.75, 3.05) is 12.4 Å². The van der Waals surface area contributed by atoms with Crippen LogP contribution in [-0.2, 0) is 6.54 Å².